The number of carbonyl (C=O) groups excluding carboxylic acids is 2. The predicted octanol–water partition coefficient (Wildman–Crippen LogP) is 6.37. The summed E-state index contributed by atoms with van der Waals surface area (Å²) in [6, 6.07) is 14.7. The third kappa shape index (κ3) is 7.56. The number of nitrogens with one attached hydrogen (secondary N) is 1. The molecule has 0 spiro atoms. The minimum absolute atomic E-state index is 0.0356. The SMILES string of the molecule is C/C=C\C=C(/C)C(=O)c1sc(NC(=O)Cc2ccc(S(=O)CC(F)(F)F)cc2)nc1-c1ccccc1. The van der Waals surface area contributed by atoms with Crippen LogP contribution in [0.5, 0.6) is 0 Å². The van der Waals surface area contributed by atoms with Crippen LogP contribution in [0.3, 0.4) is 0 Å². The van der Waals surface area contributed by atoms with E-state index in [9.17, 15) is 27.0 Å². The Morgan fingerprint density at radius 3 is 2.36 bits per heavy atom. The smallest absolute Gasteiger partial charge is 0.302 e. The Kier molecular flexibility index (Phi) is 9.11. The topological polar surface area (TPSA) is 76.1 Å². The van der Waals surface area contributed by atoms with Gasteiger partial charge in [0.15, 0.2) is 5.13 Å². The van der Waals surface area contributed by atoms with Crippen LogP contribution in [0.25, 0.3) is 11.3 Å². The molecule has 0 aliphatic carbocycles. The van der Waals surface area contributed by atoms with E-state index < -0.39 is 28.6 Å². The molecule has 188 valence electrons. The van der Waals surface area contributed by atoms with E-state index in [0.717, 1.165) is 16.9 Å². The molecular weight excluding hydrogens is 509 g/mol. The molecular formula is C26H23F3N2O3S2. The van der Waals surface area contributed by atoms with Gasteiger partial charge in [-0.05, 0) is 37.1 Å². The summed E-state index contributed by atoms with van der Waals surface area (Å²) in [5.74, 6) is -2.04. The normalized spacial score (nSPS) is 13.1. The van der Waals surface area contributed by atoms with Crippen molar-refractivity contribution in [2.45, 2.75) is 31.3 Å². The molecule has 10 heteroatoms. The maximum atomic E-state index is 13.1. The van der Waals surface area contributed by atoms with E-state index in [1.54, 1.807) is 19.1 Å². The zero-order chi connectivity index (χ0) is 26.3. The van der Waals surface area contributed by atoms with Gasteiger partial charge in [0.2, 0.25) is 11.7 Å². The number of allylic oxidation sites excluding steroid dienone is 4. The van der Waals surface area contributed by atoms with Gasteiger partial charge in [0, 0.05) is 10.5 Å². The fraction of sp³-hybridized carbons (Fsp3) is 0.192. The second-order valence-electron chi connectivity index (χ2n) is 7.74. The van der Waals surface area contributed by atoms with Gasteiger partial charge in [-0.15, -0.1) is 0 Å². The van der Waals surface area contributed by atoms with Crippen LogP contribution >= 0.6 is 11.3 Å². The number of hydrogen-bond donors (Lipinski definition) is 1. The fourth-order valence-electron chi connectivity index (χ4n) is 3.15. The summed E-state index contributed by atoms with van der Waals surface area (Å²) < 4.78 is 49.2. The van der Waals surface area contributed by atoms with Gasteiger partial charge in [0.25, 0.3) is 0 Å². The summed E-state index contributed by atoms with van der Waals surface area (Å²) in [6.07, 6.45) is 0.685. The average Bonchev–Trinajstić information content (AvgIpc) is 3.25. The summed E-state index contributed by atoms with van der Waals surface area (Å²) >= 11 is 1.07. The van der Waals surface area contributed by atoms with E-state index in [1.165, 1.54) is 24.3 Å². The minimum Gasteiger partial charge on any atom is -0.302 e. The molecule has 1 heterocycles. The van der Waals surface area contributed by atoms with Crippen molar-refractivity contribution < 1.29 is 27.0 Å². The molecule has 0 bridgehead atoms. The van der Waals surface area contributed by atoms with Gasteiger partial charge in [-0.3, -0.25) is 13.8 Å². The van der Waals surface area contributed by atoms with Crippen LogP contribution in [0.15, 0.2) is 83.3 Å². The third-order valence-electron chi connectivity index (χ3n) is 4.87. The summed E-state index contributed by atoms with van der Waals surface area (Å²) in [5, 5.41) is 2.95. The van der Waals surface area contributed by atoms with E-state index in [-0.39, 0.29) is 22.2 Å². The molecule has 2 aromatic carbocycles. The average molecular weight is 533 g/mol. The maximum Gasteiger partial charge on any atom is 0.400 e. The zero-order valence-corrected chi connectivity index (χ0v) is 21.1. The van der Waals surface area contributed by atoms with Crippen LogP contribution < -0.4 is 5.32 Å². The second kappa shape index (κ2) is 12.0. The van der Waals surface area contributed by atoms with Crippen molar-refractivity contribution in [3.8, 4) is 11.3 Å². The number of thiazole rings is 1. The molecule has 1 amide bonds. The molecule has 36 heavy (non-hydrogen) atoms. The molecule has 0 aliphatic rings. The van der Waals surface area contributed by atoms with Crippen LogP contribution in [0.1, 0.15) is 29.1 Å². The minimum atomic E-state index is -4.53. The fourth-order valence-corrected chi connectivity index (χ4v) is 5.07. The first kappa shape index (κ1) is 27.2. The number of carbonyl (C=O) groups is 2. The number of nitrogens with zero attached hydrogens (tertiary/aromatic N) is 1. The number of ketones is 1. The van der Waals surface area contributed by atoms with Gasteiger partial charge in [0.05, 0.1) is 22.9 Å². The first-order valence-corrected chi connectivity index (χ1v) is 13.0. The molecule has 1 atom stereocenters. The van der Waals surface area contributed by atoms with Crippen LogP contribution in [-0.2, 0) is 22.0 Å². The number of rotatable bonds is 9. The van der Waals surface area contributed by atoms with Crippen molar-refractivity contribution in [1.82, 2.24) is 4.98 Å². The van der Waals surface area contributed by atoms with Crippen molar-refractivity contribution >= 4 is 39.0 Å². The van der Waals surface area contributed by atoms with E-state index in [2.05, 4.69) is 10.3 Å². The third-order valence-corrected chi connectivity index (χ3v) is 7.23. The molecule has 0 radical (unpaired) electrons. The number of alkyl halides is 3. The first-order valence-electron chi connectivity index (χ1n) is 10.8. The highest BCUT2D eigenvalue weighted by Crippen LogP contribution is 2.33. The van der Waals surface area contributed by atoms with Crippen molar-refractivity contribution in [2.24, 2.45) is 0 Å². The maximum absolute atomic E-state index is 13.1. The largest absolute Gasteiger partial charge is 0.400 e. The summed E-state index contributed by atoms with van der Waals surface area (Å²) in [7, 11) is -2.21. The van der Waals surface area contributed by atoms with Crippen LogP contribution in [-0.4, -0.2) is 32.8 Å². The van der Waals surface area contributed by atoms with Crippen molar-refractivity contribution in [1.29, 1.82) is 0 Å². The lowest BCUT2D eigenvalue weighted by Crippen LogP contribution is -2.18. The molecule has 0 aliphatic heterocycles. The lowest BCUT2D eigenvalue weighted by atomic mass is 10.1. The summed E-state index contributed by atoms with van der Waals surface area (Å²) in [6.45, 7) is 3.56. The molecule has 3 rings (SSSR count). The Balaban J connectivity index is 1.77. The Morgan fingerprint density at radius 2 is 1.75 bits per heavy atom. The van der Waals surface area contributed by atoms with Gasteiger partial charge in [-0.1, -0.05) is 72.0 Å². The van der Waals surface area contributed by atoms with Gasteiger partial charge < -0.3 is 5.32 Å². The Labute approximate surface area is 213 Å². The number of anilines is 1. The van der Waals surface area contributed by atoms with E-state index in [4.69, 9.17) is 0 Å². The molecule has 3 aromatic rings. The van der Waals surface area contributed by atoms with Gasteiger partial charge >= 0.3 is 6.18 Å². The highest BCUT2D eigenvalue weighted by Gasteiger charge is 2.31. The Morgan fingerprint density at radius 1 is 1.08 bits per heavy atom. The van der Waals surface area contributed by atoms with Crippen LogP contribution in [0.2, 0.25) is 0 Å². The standard InChI is InChI=1S/C26H23F3N2O3S2/c1-3-4-8-17(2)23(33)24-22(19-9-6-5-7-10-19)31-25(35-24)30-21(32)15-18-11-13-20(14-12-18)36(34)16-26(27,28)29/h3-14H,15-16H2,1-2H3,(H,30,31,32)/b4-3-,17-8+. The molecule has 1 aromatic heterocycles. The van der Waals surface area contributed by atoms with Crippen LogP contribution in [0, 0.1) is 0 Å². The molecule has 1 unspecified atom stereocenters. The van der Waals surface area contributed by atoms with Gasteiger partial charge in [-0.2, -0.15) is 13.2 Å². The number of benzene rings is 2. The molecule has 5 nitrogen and oxygen atoms in total. The zero-order valence-electron chi connectivity index (χ0n) is 19.5. The summed E-state index contributed by atoms with van der Waals surface area (Å²) in [4.78, 5) is 30.6. The molecule has 0 fully saturated rings. The van der Waals surface area contributed by atoms with E-state index in [0.29, 0.717) is 21.7 Å². The second-order valence-corrected chi connectivity index (χ2v) is 10.2. The molecule has 0 saturated carbocycles. The van der Waals surface area contributed by atoms with E-state index >= 15 is 0 Å². The molecule has 0 saturated heterocycles. The Hall–Kier alpha value is -3.37. The number of halogens is 3. The highest BCUT2D eigenvalue weighted by atomic mass is 32.2. The number of amides is 1. The lowest BCUT2D eigenvalue weighted by molar-refractivity contribution is -0.115. The number of Topliss-reactive ketones (excluding diaryl/α,β-unsaturated/α-hetero) is 1. The van der Waals surface area contributed by atoms with Gasteiger partial charge in [-0.25, -0.2) is 4.98 Å². The molecule has 1 N–H and O–H groups in total. The van der Waals surface area contributed by atoms with E-state index in [1.807, 2.05) is 43.3 Å². The Bertz CT molecular complexity index is 1310. The van der Waals surface area contributed by atoms with Crippen molar-refractivity contribution in [3.63, 3.8) is 0 Å². The monoisotopic (exact) mass is 532 g/mol. The summed E-state index contributed by atoms with van der Waals surface area (Å²) in [5.41, 5.74) is 2.25. The van der Waals surface area contributed by atoms with Crippen LogP contribution in [0.4, 0.5) is 18.3 Å². The van der Waals surface area contributed by atoms with Gasteiger partial charge in [0.1, 0.15) is 10.6 Å². The van der Waals surface area contributed by atoms with Crippen molar-refractivity contribution in [2.75, 3.05) is 11.1 Å². The van der Waals surface area contributed by atoms with Crippen molar-refractivity contribution in [3.05, 3.63) is 88.8 Å². The number of aromatic nitrogens is 1. The quantitative estimate of drug-likeness (QED) is 0.198. The lowest BCUT2D eigenvalue weighted by Gasteiger charge is -2.07. The first-order chi connectivity index (χ1) is 17.1. The highest BCUT2D eigenvalue weighted by molar-refractivity contribution is 7.85. The predicted molar refractivity (Wildman–Crippen MR) is 137 cm³/mol. The number of hydrogen-bond acceptors (Lipinski definition) is 5.